The van der Waals surface area contributed by atoms with Gasteiger partial charge >= 0.3 is 0 Å². The molecule has 1 aromatic rings. The quantitative estimate of drug-likeness (QED) is 0.824. The molecule has 0 aromatic carbocycles. The minimum atomic E-state index is -0.470. The summed E-state index contributed by atoms with van der Waals surface area (Å²) in [6.07, 6.45) is 5.25. The number of nitrogens with one attached hydrogen (secondary N) is 1. The summed E-state index contributed by atoms with van der Waals surface area (Å²) in [5.74, 6) is 0.197. The molecule has 0 spiro atoms. The van der Waals surface area contributed by atoms with Crippen LogP contribution in [0.25, 0.3) is 0 Å². The fourth-order valence-electron chi connectivity index (χ4n) is 2.74. The van der Waals surface area contributed by atoms with Crippen LogP contribution >= 0.6 is 0 Å². The van der Waals surface area contributed by atoms with Crippen molar-refractivity contribution in [3.05, 3.63) is 24.0 Å². The minimum absolute atomic E-state index is 0.338. The van der Waals surface area contributed by atoms with Crippen LogP contribution in [-0.4, -0.2) is 37.1 Å². The summed E-state index contributed by atoms with van der Waals surface area (Å²) in [7, 11) is 0. The van der Waals surface area contributed by atoms with Gasteiger partial charge in [-0.05, 0) is 50.4 Å². The second-order valence-electron chi connectivity index (χ2n) is 5.42. The Morgan fingerprint density at radius 2 is 2.45 bits per heavy atom. The fourth-order valence-corrected chi connectivity index (χ4v) is 2.74. The average Bonchev–Trinajstić information content (AvgIpc) is 2.48. The highest BCUT2D eigenvalue weighted by Gasteiger charge is 2.17. The maximum absolute atomic E-state index is 11.3. The zero-order valence-electron chi connectivity index (χ0n) is 12.1. The molecule has 1 atom stereocenters. The molecule has 0 bridgehead atoms. The molecule has 20 heavy (non-hydrogen) atoms. The maximum Gasteiger partial charge on any atom is 0.267 e. The van der Waals surface area contributed by atoms with E-state index in [1.54, 1.807) is 12.3 Å². The molecule has 2 heterocycles. The molecule has 1 unspecified atom stereocenters. The van der Waals surface area contributed by atoms with E-state index in [2.05, 4.69) is 22.1 Å². The Kier molecular flexibility index (Phi) is 5.35. The largest absolute Gasteiger partial charge is 0.371 e. The van der Waals surface area contributed by atoms with Crippen molar-refractivity contribution in [2.24, 2.45) is 11.7 Å². The number of amides is 1. The summed E-state index contributed by atoms with van der Waals surface area (Å²) in [6.45, 7) is 6.38. The van der Waals surface area contributed by atoms with Crippen LogP contribution in [0, 0.1) is 5.92 Å². The van der Waals surface area contributed by atoms with Gasteiger partial charge in [0.15, 0.2) is 0 Å². The Morgan fingerprint density at radius 1 is 1.60 bits per heavy atom. The van der Waals surface area contributed by atoms with Gasteiger partial charge in [0.25, 0.3) is 5.91 Å². The number of primary amides is 1. The van der Waals surface area contributed by atoms with Gasteiger partial charge in [-0.2, -0.15) is 0 Å². The molecule has 1 aliphatic rings. The van der Waals surface area contributed by atoms with E-state index in [-0.39, 0.29) is 0 Å². The number of aromatic nitrogens is 1. The second kappa shape index (κ2) is 7.24. The molecular formula is C15H24N4O. The summed E-state index contributed by atoms with van der Waals surface area (Å²) in [5.41, 5.74) is 6.69. The van der Waals surface area contributed by atoms with Crippen molar-refractivity contribution in [1.82, 2.24) is 10.3 Å². The molecule has 3 N–H and O–H groups in total. The highest BCUT2D eigenvalue weighted by molar-refractivity contribution is 5.91. The topological polar surface area (TPSA) is 71.2 Å². The number of piperidine rings is 1. The molecule has 0 aliphatic carbocycles. The van der Waals surface area contributed by atoms with Crippen molar-refractivity contribution >= 4 is 11.6 Å². The van der Waals surface area contributed by atoms with Gasteiger partial charge in [0.05, 0.1) is 0 Å². The van der Waals surface area contributed by atoms with Crippen molar-refractivity contribution in [2.45, 2.75) is 26.2 Å². The van der Waals surface area contributed by atoms with Gasteiger partial charge in [0.2, 0.25) is 0 Å². The van der Waals surface area contributed by atoms with Crippen LogP contribution in [0.3, 0.4) is 0 Å². The molecule has 1 aromatic heterocycles. The first kappa shape index (κ1) is 14.8. The molecule has 2 rings (SSSR count). The van der Waals surface area contributed by atoms with Gasteiger partial charge in [0, 0.05) is 25.0 Å². The van der Waals surface area contributed by atoms with Crippen molar-refractivity contribution in [2.75, 3.05) is 31.1 Å². The number of hydrogen-bond acceptors (Lipinski definition) is 4. The van der Waals surface area contributed by atoms with E-state index in [0.717, 1.165) is 38.3 Å². The number of carbonyl (C=O) groups is 1. The molecule has 5 nitrogen and oxygen atoms in total. The lowest BCUT2D eigenvalue weighted by Crippen LogP contribution is -2.38. The normalized spacial score (nSPS) is 18.8. The first-order chi connectivity index (χ1) is 9.70. The SMILES string of the molecule is CCCN(CC1CCCNC1)c1ccnc(C(N)=O)c1. The third kappa shape index (κ3) is 3.93. The molecule has 1 fully saturated rings. The third-order valence-electron chi connectivity index (χ3n) is 3.73. The van der Waals surface area contributed by atoms with E-state index in [1.807, 2.05) is 6.07 Å². The Bertz CT molecular complexity index is 443. The van der Waals surface area contributed by atoms with Crippen LogP contribution in [-0.2, 0) is 0 Å². The summed E-state index contributed by atoms with van der Waals surface area (Å²) >= 11 is 0. The van der Waals surface area contributed by atoms with Crippen LogP contribution in [0.2, 0.25) is 0 Å². The van der Waals surface area contributed by atoms with E-state index in [4.69, 9.17) is 5.73 Å². The minimum Gasteiger partial charge on any atom is -0.371 e. The Morgan fingerprint density at radius 3 is 3.10 bits per heavy atom. The molecular weight excluding hydrogens is 252 g/mol. The lowest BCUT2D eigenvalue weighted by atomic mass is 9.98. The molecule has 0 radical (unpaired) electrons. The van der Waals surface area contributed by atoms with Crippen LogP contribution in [0.15, 0.2) is 18.3 Å². The van der Waals surface area contributed by atoms with E-state index >= 15 is 0 Å². The zero-order valence-corrected chi connectivity index (χ0v) is 12.1. The molecule has 1 saturated heterocycles. The molecule has 0 saturated carbocycles. The summed E-state index contributed by atoms with van der Waals surface area (Å²) < 4.78 is 0. The van der Waals surface area contributed by atoms with E-state index < -0.39 is 5.91 Å². The standard InChI is InChI=1S/C15H24N4O/c1-2-8-19(11-12-4-3-6-17-10-12)13-5-7-18-14(9-13)15(16)20/h5,7,9,12,17H,2-4,6,8,10-11H2,1H3,(H2,16,20). The van der Waals surface area contributed by atoms with Gasteiger partial charge in [-0.15, -0.1) is 0 Å². The number of carbonyl (C=O) groups excluding carboxylic acids is 1. The zero-order chi connectivity index (χ0) is 14.4. The number of anilines is 1. The highest BCUT2D eigenvalue weighted by Crippen LogP contribution is 2.19. The van der Waals surface area contributed by atoms with Crippen molar-refractivity contribution in [3.8, 4) is 0 Å². The number of pyridine rings is 1. The smallest absolute Gasteiger partial charge is 0.267 e. The van der Waals surface area contributed by atoms with Crippen molar-refractivity contribution in [1.29, 1.82) is 0 Å². The average molecular weight is 276 g/mol. The van der Waals surface area contributed by atoms with Gasteiger partial charge in [-0.25, -0.2) is 0 Å². The molecule has 1 aliphatic heterocycles. The Hall–Kier alpha value is -1.62. The van der Waals surface area contributed by atoms with Crippen LogP contribution < -0.4 is 16.0 Å². The monoisotopic (exact) mass is 276 g/mol. The van der Waals surface area contributed by atoms with Crippen molar-refractivity contribution < 1.29 is 4.79 Å². The second-order valence-corrected chi connectivity index (χ2v) is 5.42. The van der Waals surface area contributed by atoms with Gasteiger partial charge in [0.1, 0.15) is 5.69 Å². The highest BCUT2D eigenvalue weighted by atomic mass is 16.1. The first-order valence-electron chi connectivity index (χ1n) is 7.42. The number of rotatable bonds is 6. The van der Waals surface area contributed by atoms with Crippen LogP contribution in [0.1, 0.15) is 36.7 Å². The lowest BCUT2D eigenvalue weighted by Gasteiger charge is -2.31. The molecule has 5 heteroatoms. The Labute approximate surface area is 120 Å². The summed E-state index contributed by atoms with van der Waals surface area (Å²) in [6, 6.07) is 3.76. The molecule has 1 amide bonds. The fraction of sp³-hybridized carbons (Fsp3) is 0.600. The number of nitrogens with two attached hydrogens (primary N) is 1. The van der Waals surface area contributed by atoms with Crippen LogP contribution in [0.4, 0.5) is 5.69 Å². The van der Waals surface area contributed by atoms with Gasteiger partial charge < -0.3 is 16.0 Å². The molecule has 110 valence electrons. The summed E-state index contributed by atoms with van der Waals surface area (Å²) in [4.78, 5) is 17.6. The Balaban J connectivity index is 2.10. The third-order valence-corrected chi connectivity index (χ3v) is 3.73. The predicted molar refractivity (Wildman–Crippen MR) is 80.9 cm³/mol. The summed E-state index contributed by atoms with van der Waals surface area (Å²) in [5, 5.41) is 3.45. The number of hydrogen-bond donors (Lipinski definition) is 2. The lowest BCUT2D eigenvalue weighted by molar-refractivity contribution is 0.0995. The van der Waals surface area contributed by atoms with E-state index in [1.165, 1.54) is 12.8 Å². The van der Waals surface area contributed by atoms with E-state index in [9.17, 15) is 4.79 Å². The van der Waals surface area contributed by atoms with Gasteiger partial charge in [-0.3, -0.25) is 9.78 Å². The van der Waals surface area contributed by atoms with Crippen molar-refractivity contribution in [3.63, 3.8) is 0 Å². The number of nitrogens with zero attached hydrogens (tertiary/aromatic N) is 2. The van der Waals surface area contributed by atoms with E-state index in [0.29, 0.717) is 11.6 Å². The maximum atomic E-state index is 11.3. The predicted octanol–water partition coefficient (Wildman–Crippen LogP) is 1.40. The van der Waals surface area contributed by atoms with Crippen LogP contribution in [0.5, 0.6) is 0 Å². The van der Waals surface area contributed by atoms with Gasteiger partial charge in [-0.1, -0.05) is 6.92 Å². The first-order valence-corrected chi connectivity index (χ1v) is 7.42.